The van der Waals surface area contributed by atoms with E-state index in [1.807, 2.05) is 12.1 Å². The number of nitrogens with one attached hydrogen (secondary N) is 1. The largest absolute Gasteiger partial charge is 0.382 e. The molecule has 0 aliphatic heterocycles. The Labute approximate surface area is 133 Å². The topological polar surface area (TPSA) is 47.6 Å². The molecule has 0 aliphatic rings. The molecule has 0 aromatic heterocycles. The molecule has 1 aromatic carbocycles. The van der Waals surface area contributed by atoms with Crippen molar-refractivity contribution in [2.75, 3.05) is 33.5 Å². The average Bonchev–Trinajstić information content (AvgIpc) is 2.44. The Balaban J connectivity index is 2.18. The monoisotopic (exact) mass is 361 g/mol. The standard InChI is InChI=1S/C14H20BrNO3S/c1-18-8-9-19-7-3-2-6-16-14(17)12-10-11(20)4-5-13(12)15/h4-5,10,20H,2-3,6-9H2,1H3,(H,16,17). The third-order valence-corrected chi connectivity index (χ3v) is 3.60. The lowest BCUT2D eigenvalue weighted by atomic mass is 10.2. The predicted molar refractivity (Wildman–Crippen MR) is 85.7 cm³/mol. The van der Waals surface area contributed by atoms with Crippen LogP contribution in [0.3, 0.4) is 0 Å². The Morgan fingerprint density at radius 2 is 2.10 bits per heavy atom. The number of hydrogen-bond acceptors (Lipinski definition) is 4. The number of thiol groups is 1. The van der Waals surface area contributed by atoms with Crippen molar-refractivity contribution in [2.45, 2.75) is 17.7 Å². The molecule has 0 unspecified atom stereocenters. The van der Waals surface area contributed by atoms with Crippen molar-refractivity contribution in [2.24, 2.45) is 0 Å². The molecule has 4 nitrogen and oxygen atoms in total. The Morgan fingerprint density at radius 3 is 2.85 bits per heavy atom. The summed E-state index contributed by atoms with van der Waals surface area (Å²) in [5.74, 6) is -0.0897. The van der Waals surface area contributed by atoms with Crippen LogP contribution in [0, 0.1) is 0 Å². The molecule has 1 rings (SSSR count). The number of halogens is 1. The molecule has 0 atom stereocenters. The first kappa shape index (κ1) is 17.5. The maximum Gasteiger partial charge on any atom is 0.252 e. The zero-order valence-electron chi connectivity index (χ0n) is 11.5. The maximum atomic E-state index is 12.0. The lowest BCUT2D eigenvalue weighted by Crippen LogP contribution is -2.25. The van der Waals surface area contributed by atoms with E-state index in [4.69, 9.17) is 9.47 Å². The SMILES string of the molecule is COCCOCCCCNC(=O)c1cc(S)ccc1Br. The number of ether oxygens (including phenoxy) is 2. The number of methoxy groups -OCH3 is 1. The van der Waals surface area contributed by atoms with Crippen molar-refractivity contribution in [3.05, 3.63) is 28.2 Å². The van der Waals surface area contributed by atoms with Gasteiger partial charge in [-0.2, -0.15) is 0 Å². The number of rotatable bonds is 9. The average molecular weight is 362 g/mol. The van der Waals surface area contributed by atoms with Gasteiger partial charge in [0.05, 0.1) is 18.8 Å². The molecule has 0 saturated carbocycles. The highest BCUT2D eigenvalue weighted by Gasteiger charge is 2.09. The van der Waals surface area contributed by atoms with Gasteiger partial charge in [0.2, 0.25) is 0 Å². The van der Waals surface area contributed by atoms with E-state index in [0.29, 0.717) is 31.9 Å². The Bertz CT molecular complexity index is 429. The van der Waals surface area contributed by atoms with E-state index in [-0.39, 0.29) is 5.91 Å². The van der Waals surface area contributed by atoms with E-state index >= 15 is 0 Å². The summed E-state index contributed by atoms with van der Waals surface area (Å²) in [4.78, 5) is 12.7. The van der Waals surface area contributed by atoms with Crippen LogP contribution in [0.4, 0.5) is 0 Å². The number of carbonyl (C=O) groups excluding carboxylic acids is 1. The molecule has 1 amide bonds. The highest BCUT2D eigenvalue weighted by Crippen LogP contribution is 2.20. The Kier molecular flexibility index (Phi) is 8.93. The second-order valence-corrected chi connectivity index (χ2v) is 5.60. The normalized spacial score (nSPS) is 10.6. The highest BCUT2D eigenvalue weighted by atomic mass is 79.9. The molecule has 6 heteroatoms. The number of unbranched alkanes of at least 4 members (excludes halogenated alkanes) is 1. The van der Waals surface area contributed by atoms with Crippen LogP contribution in [-0.4, -0.2) is 39.4 Å². The van der Waals surface area contributed by atoms with Gasteiger partial charge in [-0.3, -0.25) is 4.79 Å². The fraction of sp³-hybridized carbons (Fsp3) is 0.500. The first-order valence-corrected chi connectivity index (χ1v) is 7.72. The molecule has 0 spiro atoms. The van der Waals surface area contributed by atoms with Gasteiger partial charge in [-0.25, -0.2) is 0 Å². The minimum atomic E-state index is -0.0897. The van der Waals surface area contributed by atoms with Crippen molar-refractivity contribution >= 4 is 34.5 Å². The van der Waals surface area contributed by atoms with Crippen LogP contribution in [0.15, 0.2) is 27.6 Å². The number of amides is 1. The van der Waals surface area contributed by atoms with Gasteiger partial charge in [0.25, 0.3) is 5.91 Å². The van der Waals surface area contributed by atoms with Crippen molar-refractivity contribution in [3.63, 3.8) is 0 Å². The van der Waals surface area contributed by atoms with Gasteiger partial charge in [0, 0.05) is 29.6 Å². The summed E-state index contributed by atoms with van der Waals surface area (Å²) in [5.41, 5.74) is 0.605. The van der Waals surface area contributed by atoms with Crippen LogP contribution in [0.2, 0.25) is 0 Å². The molecule has 0 bridgehead atoms. The Hall–Kier alpha value is -0.560. The first-order valence-electron chi connectivity index (χ1n) is 6.48. The van der Waals surface area contributed by atoms with E-state index < -0.39 is 0 Å². The summed E-state index contributed by atoms with van der Waals surface area (Å²) in [6, 6.07) is 5.40. The van der Waals surface area contributed by atoms with E-state index in [0.717, 1.165) is 22.2 Å². The van der Waals surface area contributed by atoms with Crippen LogP contribution in [-0.2, 0) is 9.47 Å². The van der Waals surface area contributed by atoms with Gasteiger partial charge in [-0.05, 0) is 47.0 Å². The smallest absolute Gasteiger partial charge is 0.252 e. The van der Waals surface area contributed by atoms with Gasteiger partial charge < -0.3 is 14.8 Å². The van der Waals surface area contributed by atoms with E-state index in [2.05, 4.69) is 33.9 Å². The van der Waals surface area contributed by atoms with Crippen molar-refractivity contribution in [3.8, 4) is 0 Å². The second-order valence-electron chi connectivity index (χ2n) is 4.23. The zero-order valence-corrected chi connectivity index (χ0v) is 14.0. The van der Waals surface area contributed by atoms with Crippen molar-refractivity contribution < 1.29 is 14.3 Å². The van der Waals surface area contributed by atoms with Crippen LogP contribution in [0.5, 0.6) is 0 Å². The minimum absolute atomic E-state index is 0.0897. The number of hydrogen-bond donors (Lipinski definition) is 2. The summed E-state index contributed by atoms with van der Waals surface area (Å²) in [7, 11) is 1.65. The highest BCUT2D eigenvalue weighted by molar-refractivity contribution is 9.10. The quantitative estimate of drug-likeness (QED) is 0.525. The summed E-state index contributed by atoms with van der Waals surface area (Å²) >= 11 is 7.60. The Morgan fingerprint density at radius 1 is 1.30 bits per heavy atom. The molecule has 1 aromatic rings. The summed E-state index contributed by atoms with van der Waals surface area (Å²) in [5, 5.41) is 2.89. The third kappa shape index (κ3) is 6.74. The van der Waals surface area contributed by atoms with Crippen LogP contribution < -0.4 is 5.32 Å². The summed E-state index contributed by atoms with van der Waals surface area (Å²) in [6.07, 6.45) is 1.80. The van der Waals surface area contributed by atoms with Crippen LogP contribution in [0.1, 0.15) is 23.2 Å². The van der Waals surface area contributed by atoms with Gasteiger partial charge in [0.15, 0.2) is 0 Å². The van der Waals surface area contributed by atoms with Gasteiger partial charge in [-0.15, -0.1) is 12.6 Å². The van der Waals surface area contributed by atoms with Crippen molar-refractivity contribution in [1.82, 2.24) is 5.32 Å². The van der Waals surface area contributed by atoms with E-state index in [9.17, 15) is 4.79 Å². The summed E-state index contributed by atoms with van der Waals surface area (Å²) < 4.78 is 11.0. The van der Waals surface area contributed by atoms with Crippen LogP contribution in [0.25, 0.3) is 0 Å². The van der Waals surface area contributed by atoms with Gasteiger partial charge in [-0.1, -0.05) is 0 Å². The van der Waals surface area contributed by atoms with Gasteiger partial charge >= 0.3 is 0 Å². The molecule has 1 N–H and O–H groups in total. The molecule has 0 heterocycles. The number of benzene rings is 1. The molecular formula is C14H20BrNO3S. The molecular weight excluding hydrogens is 342 g/mol. The molecule has 0 saturated heterocycles. The molecule has 0 aliphatic carbocycles. The minimum Gasteiger partial charge on any atom is -0.382 e. The molecule has 0 fully saturated rings. The second kappa shape index (κ2) is 10.2. The third-order valence-electron chi connectivity index (χ3n) is 2.63. The maximum absolute atomic E-state index is 12.0. The van der Waals surface area contributed by atoms with E-state index in [1.54, 1.807) is 13.2 Å². The fourth-order valence-electron chi connectivity index (χ4n) is 1.56. The lowest BCUT2D eigenvalue weighted by Gasteiger charge is -2.08. The predicted octanol–water partition coefficient (Wildman–Crippen LogP) is 2.91. The van der Waals surface area contributed by atoms with E-state index in [1.165, 1.54) is 0 Å². The van der Waals surface area contributed by atoms with Crippen LogP contribution >= 0.6 is 28.6 Å². The first-order chi connectivity index (χ1) is 9.65. The van der Waals surface area contributed by atoms with Gasteiger partial charge in [0.1, 0.15) is 0 Å². The molecule has 20 heavy (non-hydrogen) atoms. The lowest BCUT2D eigenvalue weighted by molar-refractivity contribution is 0.0686. The molecule has 112 valence electrons. The van der Waals surface area contributed by atoms with Crippen molar-refractivity contribution in [1.29, 1.82) is 0 Å². The molecule has 0 radical (unpaired) electrons. The zero-order chi connectivity index (χ0) is 14.8. The summed E-state index contributed by atoms with van der Waals surface area (Å²) in [6.45, 7) is 2.56. The number of carbonyl (C=O) groups is 1. The fourth-order valence-corrected chi connectivity index (χ4v) is 2.19.